The van der Waals surface area contributed by atoms with Crippen LogP contribution in [0.3, 0.4) is 0 Å². The van der Waals surface area contributed by atoms with E-state index in [0.717, 1.165) is 94.4 Å². The van der Waals surface area contributed by atoms with Gasteiger partial charge in [-0.2, -0.15) is 0 Å². The number of β-lactam (4-membered cyclic amide) rings is 1. The van der Waals surface area contributed by atoms with Crippen molar-refractivity contribution >= 4 is 127 Å². The minimum absolute atomic E-state index is 0.0186. The number of amides is 8. The third-order valence-corrected chi connectivity index (χ3v) is 20.2. The predicted molar refractivity (Wildman–Crippen MR) is 384 cm³/mol. The Balaban J connectivity index is 0.602. The molecule has 2 saturated heterocycles. The molecule has 29 nitrogen and oxygen atoms in total. The number of alkyl carbamates (subject to hydrolysis) is 1. The number of oxime groups is 1. The van der Waals surface area contributed by atoms with Gasteiger partial charge in [-0.15, -0.1) is 23.1 Å². The summed E-state index contributed by atoms with van der Waals surface area (Å²) in [5.74, 6) is -5.97. The monoisotopic (exact) mass is 1440 g/mol. The van der Waals surface area contributed by atoms with Gasteiger partial charge in [0, 0.05) is 151 Å². The fourth-order valence-electron chi connectivity index (χ4n) is 12.9. The number of benzene rings is 5. The summed E-state index contributed by atoms with van der Waals surface area (Å²) in [6.45, 7) is 11.2. The van der Waals surface area contributed by atoms with E-state index in [2.05, 4.69) is 121 Å². The van der Waals surface area contributed by atoms with Gasteiger partial charge in [0.05, 0.1) is 41.9 Å². The first-order valence-electron chi connectivity index (χ1n) is 33.6. The van der Waals surface area contributed by atoms with Crippen LogP contribution in [0.4, 0.5) is 27.0 Å². The normalized spacial score (nSPS) is 15.5. The quantitative estimate of drug-likeness (QED) is 0.00964. The van der Waals surface area contributed by atoms with Crippen LogP contribution in [0.2, 0.25) is 0 Å². The summed E-state index contributed by atoms with van der Waals surface area (Å²) in [7, 11) is 2.80. The predicted octanol–water partition coefficient (Wildman–Crippen LogP) is 3.66. The highest BCUT2D eigenvalue weighted by Crippen LogP contribution is 2.44. The molecule has 5 heterocycles. The zero-order valence-corrected chi connectivity index (χ0v) is 59.0. The minimum Gasteiger partial charge on any atom is -0.543 e. The van der Waals surface area contributed by atoms with Crippen LogP contribution >= 0.6 is 23.1 Å². The number of rotatable bonds is 27. The lowest BCUT2D eigenvalue weighted by Gasteiger charge is -2.50. The second kappa shape index (κ2) is 32.5. The van der Waals surface area contributed by atoms with E-state index in [9.17, 15) is 57.8 Å². The SMILES string of the molecule is CCN(CC)c1ccc2c(-c3ccccc3C(=O)N3CCN(C(=O)CCC(=O)NCC(=O)NCC(=O)Nc4nc(/C(=N/OC)C(=O)NC5C(=O)N6C(C(=O)[O-])=C(COC(=O)NCCNc7ccc(NC)c8c7C(=O)c7ccccc7C8=O)CSC56)cs4)CC3)c3ccc(=[N+](CC)CC)cc-3oc2c1. The Bertz CT molecular complexity index is 4660. The second-order valence-corrected chi connectivity index (χ2v) is 26.0. The third-order valence-electron chi connectivity index (χ3n) is 18.1. The van der Waals surface area contributed by atoms with E-state index in [-0.39, 0.29) is 114 Å². The van der Waals surface area contributed by atoms with Crippen LogP contribution in [0.5, 0.6) is 0 Å². The Morgan fingerprint density at radius 2 is 1.41 bits per heavy atom. The molecule has 1 aromatic heterocycles. The number of piperazine rings is 1. The largest absolute Gasteiger partial charge is 0.543 e. The highest BCUT2D eigenvalue weighted by molar-refractivity contribution is 8.00. The number of aliphatic carboxylic acids is 1. The number of nitrogens with zero attached hydrogens (tertiary/aromatic N) is 7. The van der Waals surface area contributed by atoms with Gasteiger partial charge in [-0.05, 0) is 69.7 Å². The Labute approximate surface area is 599 Å². The van der Waals surface area contributed by atoms with Gasteiger partial charge in [-0.25, -0.2) is 14.4 Å². The molecule has 8 amide bonds. The van der Waals surface area contributed by atoms with Crippen LogP contribution in [0, 0.1) is 0 Å². The van der Waals surface area contributed by atoms with E-state index in [1.54, 1.807) is 53.2 Å². The zero-order valence-electron chi connectivity index (χ0n) is 57.4. The molecule has 31 heteroatoms. The average Bonchev–Trinajstić information content (AvgIpc) is 0.918. The van der Waals surface area contributed by atoms with Crippen molar-refractivity contribution in [2.75, 3.05) is 126 Å². The van der Waals surface area contributed by atoms with Gasteiger partial charge in [0.25, 0.3) is 17.7 Å². The topological polar surface area (TPSA) is 368 Å². The number of carbonyl (C=O) groups is 11. The Hall–Kier alpha value is -11.5. The van der Waals surface area contributed by atoms with Gasteiger partial charge >= 0.3 is 6.09 Å². The van der Waals surface area contributed by atoms with Gasteiger partial charge in [-0.3, -0.25) is 48.1 Å². The van der Waals surface area contributed by atoms with Crippen LogP contribution in [-0.2, 0) is 43.1 Å². The maximum Gasteiger partial charge on any atom is 0.407 e. The molecule has 0 saturated carbocycles. The molecule has 0 spiro atoms. The second-order valence-electron chi connectivity index (χ2n) is 24.1. The molecule has 4 aromatic carbocycles. The van der Waals surface area contributed by atoms with Crippen LogP contribution in [0.15, 0.2) is 123 Å². The van der Waals surface area contributed by atoms with E-state index in [1.165, 1.54) is 5.38 Å². The van der Waals surface area contributed by atoms with Gasteiger partial charge in [0.1, 0.15) is 55.3 Å². The summed E-state index contributed by atoms with van der Waals surface area (Å²) in [4.78, 5) is 162. The maximum atomic E-state index is 14.6. The van der Waals surface area contributed by atoms with Crippen molar-refractivity contribution in [2.24, 2.45) is 5.16 Å². The number of thiazole rings is 1. The van der Waals surface area contributed by atoms with Crippen molar-refractivity contribution in [1.82, 2.24) is 45.5 Å². The zero-order chi connectivity index (χ0) is 73.2. The highest BCUT2D eigenvalue weighted by atomic mass is 32.2. The molecule has 0 radical (unpaired) electrons. The Morgan fingerprint density at radius 3 is 2.10 bits per heavy atom. The lowest BCUT2D eigenvalue weighted by molar-refractivity contribution is -0.301. The first-order valence-corrected chi connectivity index (χ1v) is 35.5. The summed E-state index contributed by atoms with van der Waals surface area (Å²) < 4.78 is 14.3. The van der Waals surface area contributed by atoms with Crippen LogP contribution in [0.25, 0.3) is 33.4 Å². The van der Waals surface area contributed by atoms with E-state index in [1.807, 2.05) is 24.3 Å². The number of anilines is 4. The van der Waals surface area contributed by atoms with Crippen molar-refractivity contribution in [3.63, 3.8) is 0 Å². The lowest BCUT2D eigenvalue weighted by Crippen LogP contribution is -2.71. The van der Waals surface area contributed by atoms with Crippen LogP contribution in [-0.4, -0.2) is 207 Å². The summed E-state index contributed by atoms with van der Waals surface area (Å²) in [6.07, 6.45) is -1.29. The number of carboxylic acids is 1. The number of hydrogen-bond acceptors (Lipinski definition) is 22. The molecule has 5 aromatic rings. The number of ketones is 2. The molecular weight excluding hydrogens is 1370 g/mol. The van der Waals surface area contributed by atoms with Crippen LogP contribution < -0.4 is 57.2 Å². The van der Waals surface area contributed by atoms with Gasteiger partial charge < -0.3 is 75.8 Å². The third kappa shape index (κ3) is 15.6. The molecule has 103 heavy (non-hydrogen) atoms. The van der Waals surface area contributed by atoms with Crippen molar-refractivity contribution in [3.05, 3.63) is 153 Å². The molecule has 2 atom stereocenters. The molecular formula is C72H76N14O15S2. The number of thioether (sulfide) groups is 1. The number of carbonyl (C=O) groups excluding carboxylic acids is 11. The molecule has 2 unspecified atom stereocenters. The maximum absolute atomic E-state index is 14.6. The number of hydrogen-bond donors (Lipinski definition) is 7. The molecule has 6 aliphatic rings. The average molecular weight is 1440 g/mol. The fraction of sp³-hybridized carbons (Fsp3) is 0.333. The molecule has 536 valence electrons. The minimum atomic E-state index is -1.72. The molecule has 2 aliphatic carbocycles. The van der Waals surface area contributed by atoms with Gasteiger partial charge in [-0.1, -0.05) is 47.6 Å². The van der Waals surface area contributed by atoms with Crippen molar-refractivity contribution in [1.29, 1.82) is 0 Å². The van der Waals surface area contributed by atoms with E-state index in [4.69, 9.17) is 14.0 Å². The Kier molecular flexibility index (Phi) is 22.9. The number of ether oxygens (including phenoxy) is 1. The Morgan fingerprint density at radius 1 is 0.738 bits per heavy atom. The van der Waals surface area contributed by atoms with Crippen molar-refractivity contribution in [3.8, 4) is 22.5 Å². The first kappa shape index (κ1) is 72.8. The molecule has 0 bridgehead atoms. The molecule has 4 aliphatic heterocycles. The summed E-state index contributed by atoms with van der Waals surface area (Å²) in [5, 5.41) is 37.1. The standard InChI is InChI=1S/C72H76N14O15S2/c1-7-82(8-2)41-19-21-47-52(33-41)101-53-34-42(83(9-3)10-4)20-22-48(53)58(47)43-15-11-14-18-46(43)67(94)85-31-29-84(30-32-85)57(90)26-25-54(87)76-35-55(88)77-36-56(89)79-71-78-51(39-103-71)61(81-99-6)66(93)80-62-68(95)86-63(70(96)97)40(38-102-69(62)86)37-100-72(98)75-28-27-74-50-24-23-49(73-5)59-60(50)65(92)45-17-13-12-16-44(45)64(59)91/h11-24,33-34,39,62,69H,7-10,25-32,35-38H2,1-6H3,(H7,75,76,77,78,79,80,87,88,89,93,94,96,97,98)/b81-61-. The smallest absolute Gasteiger partial charge is 0.407 e. The van der Waals surface area contributed by atoms with Gasteiger partial charge in [0.2, 0.25) is 29.0 Å². The van der Waals surface area contributed by atoms with E-state index >= 15 is 0 Å². The number of carboxylic acid groups (broad SMARTS) is 1. The summed E-state index contributed by atoms with van der Waals surface area (Å²) in [5.41, 5.74) is 5.59. The van der Waals surface area contributed by atoms with E-state index < -0.39 is 84.1 Å². The summed E-state index contributed by atoms with van der Waals surface area (Å²) in [6, 6.07) is 28.6. The summed E-state index contributed by atoms with van der Waals surface area (Å²) >= 11 is 1.97. The van der Waals surface area contributed by atoms with Crippen molar-refractivity contribution in [2.45, 2.75) is 52.0 Å². The van der Waals surface area contributed by atoms with Crippen molar-refractivity contribution < 1.29 is 71.8 Å². The fourth-order valence-corrected chi connectivity index (χ4v) is 14.9. The van der Waals surface area contributed by atoms with Crippen LogP contribution in [0.1, 0.15) is 88.4 Å². The number of fused-ring (bicyclic) bond motifs is 5. The molecule has 11 rings (SSSR count). The van der Waals surface area contributed by atoms with E-state index in [0.29, 0.717) is 33.8 Å². The molecule has 2 fully saturated rings. The lowest BCUT2D eigenvalue weighted by atomic mass is 9.82. The number of aromatic nitrogens is 1. The highest BCUT2D eigenvalue weighted by Gasteiger charge is 2.53. The molecule has 7 N–H and O–H groups in total. The number of nitrogens with one attached hydrogen (secondary N) is 7. The van der Waals surface area contributed by atoms with Gasteiger partial charge in [0.15, 0.2) is 22.4 Å². The first-order chi connectivity index (χ1) is 49.8.